The lowest BCUT2D eigenvalue weighted by molar-refractivity contribution is 0.0586. The Bertz CT molecular complexity index is 618. The molecule has 2 N–H and O–H groups in total. The number of hydrogen-bond donors (Lipinski definition) is 1. The molecule has 1 atom stereocenters. The van der Waals surface area contributed by atoms with Gasteiger partial charge < -0.3 is 9.30 Å². The van der Waals surface area contributed by atoms with Gasteiger partial charge in [0.1, 0.15) is 16.7 Å². The van der Waals surface area contributed by atoms with E-state index in [1.165, 1.54) is 7.11 Å². The van der Waals surface area contributed by atoms with Crippen LogP contribution < -0.4 is 5.14 Å². The summed E-state index contributed by atoms with van der Waals surface area (Å²) in [4.78, 5) is 12.0. The lowest BCUT2D eigenvalue weighted by atomic mass is 10.2. The number of benzene rings is 1. The van der Waals surface area contributed by atoms with E-state index in [0.717, 1.165) is 5.52 Å². The molecule has 0 aliphatic carbocycles. The molecule has 0 aliphatic heterocycles. The summed E-state index contributed by atoms with van der Waals surface area (Å²) in [5.74, 6) is -0.544. The molecule has 1 aromatic carbocycles. The minimum absolute atomic E-state index is 0.231. The van der Waals surface area contributed by atoms with Crippen LogP contribution in [0, 0.1) is 0 Å². The van der Waals surface area contributed by atoms with Crippen molar-refractivity contribution in [2.45, 2.75) is 4.90 Å². The summed E-state index contributed by atoms with van der Waals surface area (Å²) < 4.78 is 17.9. The number of aromatic nitrogens is 1. The van der Waals surface area contributed by atoms with Gasteiger partial charge in [0.05, 0.1) is 12.0 Å². The van der Waals surface area contributed by atoms with Crippen LogP contribution in [0.3, 0.4) is 0 Å². The van der Waals surface area contributed by atoms with Crippen LogP contribution in [0.15, 0.2) is 29.2 Å². The molecular weight excluding hydrogens is 240 g/mol. The van der Waals surface area contributed by atoms with Gasteiger partial charge in [-0.05, 0) is 6.07 Å². The number of carbonyl (C=O) groups is 1. The highest BCUT2D eigenvalue weighted by Gasteiger charge is 2.23. The Kier molecular flexibility index (Phi) is 2.99. The fourth-order valence-corrected chi connectivity index (χ4v) is 2.69. The van der Waals surface area contributed by atoms with Crippen LogP contribution in [0.1, 0.15) is 10.5 Å². The summed E-state index contributed by atoms with van der Waals surface area (Å²) in [6, 6.07) is 7.26. The molecule has 0 unspecified atom stereocenters. The monoisotopic (exact) mass is 252 g/mol. The number of nitrogens with zero attached hydrogens (tertiary/aromatic N) is 1. The molecule has 90 valence electrons. The quantitative estimate of drug-likeness (QED) is 0.808. The molecule has 2 rings (SSSR count). The average molecular weight is 252 g/mol. The first kappa shape index (κ1) is 11.8. The van der Waals surface area contributed by atoms with Crippen molar-refractivity contribution in [2.24, 2.45) is 12.2 Å². The van der Waals surface area contributed by atoms with Crippen LogP contribution >= 0.6 is 0 Å². The highest BCUT2D eigenvalue weighted by Crippen LogP contribution is 2.27. The Morgan fingerprint density at radius 1 is 1.41 bits per heavy atom. The van der Waals surface area contributed by atoms with Gasteiger partial charge in [-0.1, -0.05) is 18.2 Å². The maximum Gasteiger partial charge on any atom is 0.356 e. The number of esters is 1. The van der Waals surface area contributed by atoms with Gasteiger partial charge in [-0.15, -0.1) is 0 Å². The van der Waals surface area contributed by atoms with Crippen LogP contribution in [0.5, 0.6) is 0 Å². The maximum atomic E-state index is 11.7. The van der Waals surface area contributed by atoms with Crippen molar-refractivity contribution in [1.29, 1.82) is 0 Å². The van der Waals surface area contributed by atoms with Crippen LogP contribution in [0.25, 0.3) is 10.9 Å². The molecular formula is C11H12N2O3S. The van der Waals surface area contributed by atoms with Crippen molar-refractivity contribution < 1.29 is 13.7 Å². The number of fused-ring (bicyclic) bond motifs is 1. The summed E-state index contributed by atoms with van der Waals surface area (Å²) in [5.41, 5.74) is 1.02. The van der Waals surface area contributed by atoms with Gasteiger partial charge in [0.2, 0.25) is 0 Å². The second-order valence-corrected chi connectivity index (χ2v) is 4.55. The third kappa shape index (κ3) is 1.75. The third-order valence-corrected chi connectivity index (χ3v) is 3.46. The Hall–Kier alpha value is -1.66. The van der Waals surface area contributed by atoms with E-state index >= 15 is 0 Å². The zero-order chi connectivity index (χ0) is 12.6. The maximum absolute atomic E-state index is 11.7. The van der Waals surface area contributed by atoms with Gasteiger partial charge in [0, 0.05) is 18.0 Å². The van der Waals surface area contributed by atoms with E-state index in [2.05, 4.69) is 4.74 Å². The fourth-order valence-electron chi connectivity index (χ4n) is 1.89. The van der Waals surface area contributed by atoms with E-state index in [4.69, 9.17) is 5.14 Å². The smallest absolute Gasteiger partial charge is 0.356 e. The van der Waals surface area contributed by atoms with Crippen molar-refractivity contribution in [3.05, 3.63) is 30.0 Å². The molecule has 0 amide bonds. The zero-order valence-electron chi connectivity index (χ0n) is 9.47. The molecule has 0 radical (unpaired) electrons. The van der Waals surface area contributed by atoms with Gasteiger partial charge in [-0.2, -0.15) is 0 Å². The lowest BCUT2D eigenvalue weighted by Gasteiger charge is -2.03. The number of nitrogens with two attached hydrogens (primary N) is 1. The van der Waals surface area contributed by atoms with E-state index in [1.807, 2.05) is 12.1 Å². The van der Waals surface area contributed by atoms with E-state index in [9.17, 15) is 9.00 Å². The van der Waals surface area contributed by atoms with Crippen LogP contribution in [0.4, 0.5) is 0 Å². The predicted octanol–water partition coefficient (Wildman–Crippen LogP) is 0.946. The molecule has 5 nitrogen and oxygen atoms in total. The van der Waals surface area contributed by atoms with Crippen LogP contribution in [0.2, 0.25) is 0 Å². The predicted molar refractivity (Wildman–Crippen MR) is 64.9 cm³/mol. The number of hydrogen-bond acceptors (Lipinski definition) is 3. The fraction of sp³-hybridized carbons (Fsp3) is 0.182. The van der Waals surface area contributed by atoms with Crippen LogP contribution in [-0.2, 0) is 22.8 Å². The molecule has 0 bridgehead atoms. The first-order valence-corrected chi connectivity index (χ1v) is 6.11. The zero-order valence-corrected chi connectivity index (χ0v) is 10.3. The first-order chi connectivity index (χ1) is 8.07. The topological polar surface area (TPSA) is 74.3 Å². The number of aryl methyl sites for hydroxylation is 1. The SMILES string of the molecule is COC(=O)c1c([S@](N)=O)c2ccccc2n1C. The largest absolute Gasteiger partial charge is 0.464 e. The van der Waals surface area contributed by atoms with Crippen molar-refractivity contribution >= 4 is 27.9 Å². The number of carbonyl (C=O) groups excluding carboxylic acids is 1. The number of rotatable bonds is 2. The first-order valence-electron chi connectivity index (χ1n) is 4.89. The van der Waals surface area contributed by atoms with E-state index in [1.54, 1.807) is 23.7 Å². The molecule has 17 heavy (non-hydrogen) atoms. The Labute approximate surface area is 101 Å². The van der Waals surface area contributed by atoms with E-state index in [-0.39, 0.29) is 5.69 Å². The van der Waals surface area contributed by atoms with Crippen molar-refractivity contribution in [1.82, 2.24) is 4.57 Å². The minimum Gasteiger partial charge on any atom is -0.464 e. The van der Waals surface area contributed by atoms with Gasteiger partial charge in [0.15, 0.2) is 0 Å². The van der Waals surface area contributed by atoms with Crippen molar-refractivity contribution in [3.8, 4) is 0 Å². The molecule has 6 heteroatoms. The summed E-state index contributed by atoms with van der Waals surface area (Å²) in [7, 11) is 1.26. The highest BCUT2D eigenvalue weighted by molar-refractivity contribution is 7.83. The Balaban J connectivity index is 2.90. The normalized spacial score (nSPS) is 12.6. The van der Waals surface area contributed by atoms with Crippen molar-refractivity contribution in [2.75, 3.05) is 7.11 Å². The molecule has 0 spiro atoms. The Morgan fingerprint density at radius 3 is 2.65 bits per heavy atom. The molecule has 0 fully saturated rings. The minimum atomic E-state index is -1.74. The average Bonchev–Trinajstić information content (AvgIpc) is 2.62. The van der Waals surface area contributed by atoms with Gasteiger partial charge in [0.25, 0.3) is 0 Å². The molecule has 1 aromatic heterocycles. The van der Waals surface area contributed by atoms with Gasteiger partial charge >= 0.3 is 5.97 Å². The summed E-state index contributed by atoms with van der Waals surface area (Å²) in [5, 5.41) is 6.14. The Morgan fingerprint density at radius 2 is 2.06 bits per heavy atom. The molecule has 0 saturated carbocycles. The highest BCUT2D eigenvalue weighted by atomic mass is 32.2. The molecule has 0 aliphatic rings. The van der Waals surface area contributed by atoms with Gasteiger partial charge in [-0.25, -0.2) is 14.1 Å². The van der Waals surface area contributed by atoms with Gasteiger partial charge in [-0.3, -0.25) is 0 Å². The summed E-state index contributed by atoms with van der Waals surface area (Å²) in [6.45, 7) is 0. The summed E-state index contributed by atoms with van der Waals surface area (Å²) in [6.07, 6.45) is 0. The summed E-state index contributed by atoms with van der Waals surface area (Å²) >= 11 is 0. The number of ether oxygens (including phenoxy) is 1. The van der Waals surface area contributed by atoms with E-state index < -0.39 is 17.0 Å². The molecule has 2 aromatic rings. The molecule has 0 saturated heterocycles. The lowest BCUT2D eigenvalue weighted by Crippen LogP contribution is -2.13. The number of para-hydroxylation sites is 1. The second kappa shape index (κ2) is 4.31. The molecule has 1 heterocycles. The third-order valence-electron chi connectivity index (χ3n) is 2.64. The standard InChI is InChI=1S/C11H12N2O3S/c1-13-8-6-4-3-5-7(8)10(17(12)15)9(13)11(14)16-2/h3-6H,12H2,1-2H3/t17-/m1/s1. The number of methoxy groups -OCH3 is 1. The van der Waals surface area contributed by atoms with Crippen molar-refractivity contribution in [3.63, 3.8) is 0 Å². The van der Waals surface area contributed by atoms with Crippen LogP contribution in [-0.4, -0.2) is 21.9 Å². The second-order valence-electron chi connectivity index (χ2n) is 3.54. The van der Waals surface area contributed by atoms with E-state index in [0.29, 0.717) is 10.3 Å².